The summed E-state index contributed by atoms with van der Waals surface area (Å²) in [6.07, 6.45) is 2.22. The first-order chi connectivity index (χ1) is 5.62. The molecular weight excluding hydrogens is 162 g/mol. The Labute approximate surface area is 69.6 Å². The lowest BCUT2D eigenvalue weighted by Gasteiger charge is -1.81. The summed E-state index contributed by atoms with van der Waals surface area (Å²) in [7, 11) is 0. The monoisotopic (exact) mass is 173 g/mol. The maximum Gasteiger partial charge on any atom is 0.266 e. The second kappa shape index (κ2) is 9.18. The summed E-state index contributed by atoms with van der Waals surface area (Å²) in [5, 5.41) is 18.0. The molecule has 0 heterocycles. The maximum atomic E-state index is 9.70. The number of carbonyl (C=O) groups is 1. The first-order valence-electron chi connectivity index (χ1n) is 2.78. The number of amidine groups is 1. The molecule has 0 saturated heterocycles. The number of nitrogens with two attached hydrogens (primary N) is 1. The summed E-state index contributed by atoms with van der Waals surface area (Å²) in [4.78, 5) is 9.70. The molecule has 1 amide bonds. The Morgan fingerprint density at radius 3 is 2.00 bits per heavy atom. The van der Waals surface area contributed by atoms with Crippen molar-refractivity contribution in [3.05, 3.63) is 25.3 Å². The van der Waals surface area contributed by atoms with E-state index >= 15 is 0 Å². The van der Waals surface area contributed by atoms with E-state index in [1.807, 2.05) is 0 Å². The Kier molecular flexibility index (Phi) is 9.81. The molecule has 0 aromatic rings. The number of nitrogens with one attached hydrogen (secondary N) is 1. The summed E-state index contributed by atoms with van der Waals surface area (Å²) in [6.45, 7) is 6.28. The van der Waals surface area contributed by atoms with Gasteiger partial charge in [-0.3, -0.25) is 10.0 Å². The Bertz CT molecular complexity index is 188. The van der Waals surface area contributed by atoms with Crippen molar-refractivity contribution < 1.29 is 15.2 Å². The van der Waals surface area contributed by atoms with Gasteiger partial charge in [-0.2, -0.15) is 0 Å². The molecule has 0 aromatic carbocycles. The highest BCUT2D eigenvalue weighted by molar-refractivity contribution is 5.90. The van der Waals surface area contributed by atoms with E-state index in [1.54, 1.807) is 0 Å². The van der Waals surface area contributed by atoms with Crippen molar-refractivity contribution in [3.8, 4) is 0 Å². The quantitative estimate of drug-likeness (QED) is 0.114. The van der Waals surface area contributed by atoms with Crippen LogP contribution in [0.4, 0.5) is 0 Å². The van der Waals surface area contributed by atoms with Gasteiger partial charge in [0, 0.05) is 0 Å². The van der Waals surface area contributed by atoms with Crippen molar-refractivity contribution in [1.29, 1.82) is 0 Å². The van der Waals surface area contributed by atoms with Crippen LogP contribution in [-0.4, -0.2) is 22.2 Å². The molecule has 0 aliphatic carbocycles. The number of hydrogen-bond donors (Lipinski definition) is 4. The molecule has 0 spiro atoms. The second-order valence-corrected chi connectivity index (χ2v) is 1.41. The summed E-state index contributed by atoms with van der Waals surface area (Å²) in [5.74, 6) is -0.551. The van der Waals surface area contributed by atoms with Gasteiger partial charge >= 0.3 is 0 Å². The number of oxime groups is 1. The minimum atomic E-state index is -0.588. The molecule has 68 valence electrons. The molecular formula is C6H11N3O3. The fourth-order valence-electron chi connectivity index (χ4n) is 0.0865. The predicted molar refractivity (Wildman–Crippen MR) is 43.7 cm³/mol. The van der Waals surface area contributed by atoms with Gasteiger partial charge in [-0.15, -0.1) is 0 Å². The third kappa shape index (κ3) is 11.0. The largest absolute Gasteiger partial charge is 0.409 e. The van der Waals surface area contributed by atoms with Gasteiger partial charge in [0.1, 0.15) is 0 Å². The molecule has 0 unspecified atom stereocenters. The zero-order valence-corrected chi connectivity index (χ0v) is 6.40. The van der Waals surface area contributed by atoms with Crippen LogP contribution in [0.3, 0.4) is 0 Å². The maximum absolute atomic E-state index is 9.70. The molecule has 0 atom stereocenters. The van der Waals surface area contributed by atoms with E-state index in [1.165, 1.54) is 11.6 Å². The van der Waals surface area contributed by atoms with Crippen LogP contribution >= 0.6 is 0 Å². The van der Waals surface area contributed by atoms with Crippen LogP contribution in [0, 0.1) is 0 Å². The van der Waals surface area contributed by atoms with Crippen LogP contribution in [0.2, 0.25) is 0 Å². The fourth-order valence-corrected chi connectivity index (χ4v) is 0.0865. The highest BCUT2D eigenvalue weighted by Gasteiger charge is 1.80. The molecule has 5 N–H and O–H groups in total. The Balaban J connectivity index is 0. The van der Waals surface area contributed by atoms with E-state index < -0.39 is 5.91 Å². The molecule has 12 heavy (non-hydrogen) atoms. The summed E-state index contributed by atoms with van der Waals surface area (Å²) in [6, 6.07) is 0. The lowest BCUT2D eigenvalue weighted by atomic mass is 10.6. The zero-order chi connectivity index (χ0) is 9.98. The van der Waals surface area contributed by atoms with Crippen molar-refractivity contribution in [2.75, 3.05) is 0 Å². The molecule has 0 fully saturated rings. The minimum absolute atomic E-state index is 0.0370. The van der Waals surface area contributed by atoms with Crippen LogP contribution in [0.15, 0.2) is 30.5 Å². The number of hydrogen-bond acceptors (Lipinski definition) is 4. The van der Waals surface area contributed by atoms with E-state index in [9.17, 15) is 4.79 Å². The SMILES string of the molecule is C=C/C(N)=N/O.C=CC(=O)NO. The van der Waals surface area contributed by atoms with Crippen LogP contribution in [-0.2, 0) is 4.79 Å². The van der Waals surface area contributed by atoms with E-state index in [4.69, 9.17) is 16.1 Å². The second-order valence-electron chi connectivity index (χ2n) is 1.41. The number of rotatable bonds is 2. The Hall–Kier alpha value is -1.82. The van der Waals surface area contributed by atoms with E-state index in [-0.39, 0.29) is 5.84 Å². The van der Waals surface area contributed by atoms with Gasteiger partial charge in [0.15, 0.2) is 5.84 Å². The van der Waals surface area contributed by atoms with E-state index in [0.29, 0.717) is 0 Å². The van der Waals surface area contributed by atoms with Crippen molar-refractivity contribution in [3.63, 3.8) is 0 Å². The molecule has 0 radical (unpaired) electrons. The molecule has 6 nitrogen and oxygen atoms in total. The van der Waals surface area contributed by atoms with Crippen LogP contribution in [0.1, 0.15) is 0 Å². The molecule has 0 saturated carbocycles. The molecule has 6 heteroatoms. The van der Waals surface area contributed by atoms with Gasteiger partial charge in [0.25, 0.3) is 5.91 Å². The Morgan fingerprint density at radius 1 is 1.50 bits per heavy atom. The van der Waals surface area contributed by atoms with Gasteiger partial charge in [-0.05, 0) is 12.2 Å². The predicted octanol–water partition coefficient (Wildman–Crippen LogP) is -0.403. The van der Waals surface area contributed by atoms with Crippen LogP contribution < -0.4 is 11.2 Å². The highest BCUT2D eigenvalue weighted by atomic mass is 16.5. The summed E-state index contributed by atoms with van der Waals surface area (Å²) in [5.41, 5.74) is 6.21. The number of carbonyl (C=O) groups excluding carboxylic acids is 1. The third-order valence-corrected chi connectivity index (χ3v) is 0.620. The minimum Gasteiger partial charge on any atom is -0.409 e. The topological polar surface area (TPSA) is 108 Å². The lowest BCUT2D eigenvalue weighted by Crippen LogP contribution is -2.14. The highest BCUT2D eigenvalue weighted by Crippen LogP contribution is 1.60. The van der Waals surface area contributed by atoms with Gasteiger partial charge < -0.3 is 10.9 Å². The average Bonchev–Trinajstić information content (AvgIpc) is 2.16. The average molecular weight is 173 g/mol. The van der Waals surface area contributed by atoms with Crippen molar-refractivity contribution in [1.82, 2.24) is 5.48 Å². The number of amides is 1. The summed E-state index contributed by atoms with van der Waals surface area (Å²) >= 11 is 0. The molecule has 0 rings (SSSR count). The lowest BCUT2D eigenvalue weighted by molar-refractivity contribution is -0.124. The fraction of sp³-hybridized carbons (Fsp3) is 0. The van der Waals surface area contributed by atoms with Gasteiger partial charge in [-0.1, -0.05) is 18.3 Å². The number of nitrogens with zero attached hydrogens (tertiary/aromatic N) is 1. The molecule has 0 aliphatic rings. The molecule has 0 bridgehead atoms. The standard InChI is InChI=1S/C3H6N2O.C3H5NO2/c1-2-3(4)5-6;1-2-3(5)4-6/h2,6H,1H2,(H2,4,5);2,6H,1H2,(H,4,5). The van der Waals surface area contributed by atoms with Gasteiger partial charge in [-0.25, -0.2) is 5.48 Å². The van der Waals surface area contributed by atoms with Crippen molar-refractivity contribution in [2.45, 2.75) is 0 Å². The smallest absolute Gasteiger partial charge is 0.266 e. The van der Waals surface area contributed by atoms with Crippen molar-refractivity contribution in [2.24, 2.45) is 10.9 Å². The van der Waals surface area contributed by atoms with Gasteiger partial charge in [0.05, 0.1) is 0 Å². The summed E-state index contributed by atoms with van der Waals surface area (Å²) < 4.78 is 0. The van der Waals surface area contributed by atoms with E-state index in [0.717, 1.165) is 6.08 Å². The van der Waals surface area contributed by atoms with Gasteiger partial charge in [0.2, 0.25) is 0 Å². The third-order valence-electron chi connectivity index (χ3n) is 0.620. The Morgan fingerprint density at radius 2 is 2.00 bits per heavy atom. The van der Waals surface area contributed by atoms with E-state index in [2.05, 4.69) is 18.3 Å². The number of hydroxylamine groups is 1. The first kappa shape index (κ1) is 12.8. The normalized spacial score (nSPS) is 8.92. The zero-order valence-electron chi connectivity index (χ0n) is 6.40. The first-order valence-corrected chi connectivity index (χ1v) is 2.78. The van der Waals surface area contributed by atoms with Crippen LogP contribution in [0.25, 0.3) is 0 Å². The molecule has 0 aromatic heterocycles. The molecule has 0 aliphatic heterocycles. The van der Waals surface area contributed by atoms with Crippen LogP contribution in [0.5, 0.6) is 0 Å². The van der Waals surface area contributed by atoms with Crippen molar-refractivity contribution >= 4 is 11.7 Å².